The van der Waals surface area contributed by atoms with Crippen molar-refractivity contribution < 1.29 is 5.11 Å². The van der Waals surface area contributed by atoms with Gasteiger partial charge in [-0.25, -0.2) is 0 Å². The second kappa shape index (κ2) is 4.55. The molecule has 0 spiro atoms. The highest BCUT2D eigenvalue weighted by Gasteiger charge is 2.09. The summed E-state index contributed by atoms with van der Waals surface area (Å²) < 4.78 is 0. The molecule has 1 N–H and O–H groups in total. The van der Waals surface area contributed by atoms with Crippen LogP contribution >= 0.6 is 0 Å². The molecule has 0 bridgehead atoms. The van der Waals surface area contributed by atoms with Crippen LogP contribution < -0.4 is 0 Å². The lowest BCUT2D eigenvalue weighted by molar-refractivity contribution is 0.219. The molecule has 0 aliphatic heterocycles. The molecule has 1 rings (SSSR count). The fourth-order valence-corrected chi connectivity index (χ4v) is 1.66. The summed E-state index contributed by atoms with van der Waals surface area (Å²) in [7, 11) is 0. The van der Waals surface area contributed by atoms with Crippen molar-refractivity contribution in [1.82, 2.24) is 0 Å². The highest BCUT2D eigenvalue weighted by atomic mass is 16.3. The van der Waals surface area contributed by atoms with E-state index >= 15 is 0 Å². The summed E-state index contributed by atoms with van der Waals surface area (Å²) in [6.07, 6.45) is 8.35. The van der Waals surface area contributed by atoms with Crippen molar-refractivity contribution in [1.29, 1.82) is 0 Å². The molecule has 0 aromatic carbocycles. The first-order valence-electron chi connectivity index (χ1n) is 4.65. The van der Waals surface area contributed by atoms with Crippen LogP contribution in [0.15, 0.2) is 11.6 Å². The third-order valence-electron chi connectivity index (χ3n) is 2.56. The van der Waals surface area contributed by atoms with Gasteiger partial charge in [0.2, 0.25) is 0 Å². The van der Waals surface area contributed by atoms with Crippen molar-refractivity contribution >= 4 is 0 Å². The van der Waals surface area contributed by atoms with Gasteiger partial charge in [-0.2, -0.15) is 0 Å². The van der Waals surface area contributed by atoms with E-state index in [9.17, 15) is 0 Å². The van der Waals surface area contributed by atoms with Crippen molar-refractivity contribution in [3.63, 3.8) is 0 Å². The summed E-state index contributed by atoms with van der Waals surface area (Å²) in [5, 5.41) is 8.95. The zero-order valence-electron chi connectivity index (χ0n) is 7.34. The van der Waals surface area contributed by atoms with Gasteiger partial charge in [0.05, 0.1) is 0 Å². The Kier molecular flexibility index (Phi) is 3.64. The molecule has 0 radical (unpaired) electrons. The van der Waals surface area contributed by atoms with Gasteiger partial charge in [0, 0.05) is 6.61 Å². The highest BCUT2D eigenvalue weighted by molar-refractivity contribution is 5.03. The highest BCUT2D eigenvalue weighted by Crippen LogP contribution is 2.23. The van der Waals surface area contributed by atoms with E-state index in [1.165, 1.54) is 25.7 Å². The second-order valence-electron chi connectivity index (χ2n) is 3.39. The van der Waals surface area contributed by atoms with Crippen LogP contribution in [0.25, 0.3) is 0 Å². The summed E-state index contributed by atoms with van der Waals surface area (Å²) in [6.45, 7) is 2.58. The smallest absolute Gasteiger partial charge is 0.0462 e. The lowest BCUT2D eigenvalue weighted by Gasteiger charge is -2.06. The predicted molar refractivity (Wildman–Crippen MR) is 47.4 cm³/mol. The molecule has 0 fully saturated rings. The maximum Gasteiger partial charge on any atom is 0.0462 e. The Balaban J connectivity index is 2.42. The molecular formula is C10H18O. The van der Waals surface area contributed by atoms with Crippen molar-refractivity contribution in [2.24, 2.45) is 5.92 Å². The monoisotopic (exact) mass is 154 g/mol. The summed E-state index contributed by atoms with van der Waals surface area (Å²) in [4.78, 5) is 0. The molecule has 1 aliphatic carbocycles. The first-order chi connectivity index (χ1) is 5.36. The van der Waals surface area contributed by atoms with Crippen molar-refractivity contribution in [2.45, 2.75) is 39.0 Å². The Labute approximate surface area is 69.1 Å². The van der Waals surface area contributed by atoms with E-state index in [0.717, 1.165) is 6.42 Å². The first-order valence-corrected chi connectivity index (χ1v) is 4.65. The zero-order chi connectivity index (χ0) is 8.10. The Bertz CT molecular complexity index is 138. The number of hydrogen-bond donors (Lipinski definition) is 1. The molecule has 0 aromatic heterocycles. The van der Waals surface area contributed by atoms with Gasteiger partial charge in [-0.1, -0.05) is 18.6 Å². The molecule has 1 aliphatic rings. The lowest BCUT2D eigenvalue weighted by Crippen LogP contribution is -2.02. The van der Waals surface area contributed by atoms with Crippen LogP contribution in [0.2, 0.25) is 0 Å². The van der Waals surface area contributed by atoms with E-state index in [4.69, 9.17) is 5.11 Å². The molecule has 0 amide bonds. The Morgan fingerprint density at radius 2 is 2.45 bits per heavy atom. The fourth-order valence-electron chi connectivity index (χ4n) is 1.66. The molecule has 1 nitrogen and oxygen atoms in total. The minimum absolute atomic E-state index is 0.369. The van der Waals surface area contributed by atoms with E-state index in [2.05, 4.69) is 13.0 Å². The third kappa shape index (κ3) is 2.66. The standard InChI is InChI=1S/C10H18O/c1-2-9-4-3-5-10(8-11)7-6-9/h6,10-11H,2-5,7-8H2,1H3. The van der Waals surface area contributed by atoms with Gasteiger partial charge in [0.25, 0.3) is 0 Å². The largest absolute Gasteiger partial charge is 0.396 e. The van der Waals surface area contributed by atoms with Gasteiger partial charge in [-0.15, -0.1) is 0 Å². The molecule has 11 heavy (non-hydrogen) atoms. The Morgan fingerprint density at radius 3 is 3.09 bits per heavy atom. The molecule has 0 saturated carbocycles. The average molecular weight is 154 g/mol. The summed E-state index contributed by atoms with van der Waals surface area (Å²) in [6, 6.07) is 0. The zero-order valence-corrected chi connectivity index (χ0v) is 7.34. The fraction of sp³-hybridized carbons (Fsp3) is 0.800. The average Bonchev–Trinajstić information content (AvgIpc) is 2.28. The Morgan fingerprint density at radius 1 is 1.64 bits per heavy atom. The molecule has 0 aromatic rings. The quantitative estimate of drug-likeness (QED) is 0.606. The van der Waals surface area contributed by atoms with E-state index in [1.807, 2.05) is 0 Å². The van der Waals surface area contributed by atoms with Crippen molar-refractivity contribution in [3.05, 3.63) is 11.6 Å². The third-order valence-corrected chi connectivity index (χ3v) is 2.56. The summed E-state index contributed by atoms with van der Waals surface area (Å²) in [5.41, 5.74) is 1.58. The van der Waals surface area contributed by atoms with Gasteiger partial charge in [0.15, 0.2) is 0 Å². The maximum absolute atomic E-state index is 8.95. The molecule has 0 saturated heterocycles. The molecule has 64 valence electrons. The first kappa shape index (κ1) is 8.79. The molecule has 1 heteroatoms. The number of aliphatic hydroxyl groups is 1. The van der Waals surface area contributed by atoms with Crippen molar-refractivity contribution in [2.75, 3.05) is 6.61 Å². The number of allylic oxidation sites excluding steroid dienone is 2. The van der Waals surface area contributed by atoms with Crippen LogP contribution in [0.4, 0.5) is 0 Å². The topological polar surface area (TPSA) is 20.2 Å². The molecule has 1 unspecified atom stereocenters. The van der Waals surface area contributed by atoms with E-state index in [0.29, 0.717) is 12.5 Å². The second-order valence-corrected chi connectivity index (χ2v) is 3.39. The van der Waals surface area contributed by atoms with E-state index in [-0.39, 0.29) is 0 Å². The number of hydrogen-bond acceptors (Lipinski definition) is 1. The van der Waals surface area contributed by atoms with Gasteiger partial charge in [-0.3, -0.25) is 0 Å². The predicted octanol–water partition coefficient (Wildman–Crippen LogP) is 2.51. The number of aliphatic hydroxyl groups excluding tert-OH is 1. The lowest BCUT2D eigenvalue weighted by atomic mass is 10.0. The summed E-state index contributed by atoms with van der Waals surface area (Å²) >= 11 is 0. The van der Waals surface area contributed by atoms with Gasteiger partial charge in [0.1, 0.15) is 0 Å². The van der Waals surface area contributed by atoms with Crippen LogP contribution in [0.1, 0.15) is 39.0 Å². The van der Waals surface area contributed by atoms with Crippen LogP contribution in [0, 0.1) is 5.92 Å². The number of rotatable bonds is 2. The molecular weight excluding hydrogens is 136 g/mol. The van der Waals surface area contributed by atoms with E-state index in [1.54, 1.807) is 5.57 Å². The van der Waals surface area contributed by atoms with Crippen LogP contribution in [0.5, 0.6) is 0 Å². The molecule has 0 heterocycles. The van der Waals surface area contributed by atoms with Gasteiger partial charge >= 0.3 is 0 Å². The van der Waals surface area contributed by atoms with Crippen LogP contribution in [0.3, 0.4) is 0 Å². The van der Waals surface area contributed by atoms with Crippen LogP contribution in [-0.2, 0) is 0 Å². The summed E-state index contributed by atoms with van der Waals surface area (Å²) in [5.74, 6) is 0.541. The maximum atomic E-state index is 8.95. The molecule has 1 atom stereocenters. The van der Waals surface area contributed by atoms with Gasteiger partial charge in [-0.05, 0) is 38.0 Å². The SMILES string of the molecule is CCC1=CCC(CO)CCC1. The van der Waals surface area contributed by atoms with E-state index < -0.39 is 0 Å². The van der Waals surface area contributed by atoms with Gasteiger partial charge < -0.3 is 5.11 Å². The minimum Gasteiger partial charge on any atom is -0.396 e. The Hall–Kier alpha value is -0.300. The van der Waals surface area contributed by atoms with Crippen LogP contribution in [-0.4, -0.2) is 11.7 Å². The minimum atomic E-state index is 0.369. The van der Waals surface area contributed by atoms with Crippen molar-refractivity contribution in [3.8, 4) is 0 Å². The normalized spacial score (nSPS) is 26.0.